The van der Waals surface area contributed by atoms with Crippen molar-refractivity contribution in [1.82, 2.24) is 4.90 Å². The molecule has 2 rings (SSSR count). The van der Waals surface area contributed by atoms with Crippen LogP contribution in [0.1, 0.15) is 0 Å². The van der Waals surface area contributed by atoms with E-state index in [4.69, 9.17) is 5.11 Å². The van der Waals surface area contributed by atoms with E-state index in [2.05, 4.69) is 0 Å². The normalized spacial score (nSPS) is 18.7. The third kappa shape index (κ3) is 2.87. The van der Waals surface area contributed by atoms with Gasteiger partial charge in [0.25, 0.3) is 0 Å². The third-order valence-corrected chi connectivity index (χ3v) is 4.18. The molecule has 0 saturated carbocycles. The number of thioether (sulfide) groups is 1. The Morgan fingerprint density at radius 3 is 2.80 bits per heavy atom. The first-order chi connectivity index (χ1) is 9.52. The van der Waals surface area contributed by atoms with Crippen LogP contribution in [0.4, 0.5) is 14.9 Å². The van der Waals surface area contributed by atoms with E-state index in [0.29, 0.717) is 18.1 Å². The number of aliphatic carboxylic acids is 1. The third-order valence-electron chi connectivity index (χ3n) is 3.16. The van der Waals surface area contributed by atoms with Crippen LogP contribution in [0.5, 0.6) is 0 Å². The summed E-state index contributed by atoms with van der Waals surface area (Å²) in [5.41, 5.74) is 0.139. The Morgan fingerprint density at radius 1 is 1.45 bits per heavy atom. The molecule has 1 aromatic carbocycles. The van der Waals surface area contributed by atoms with Crippen molar-refractivity contribution in [2.24, 2.45) is 0 Å². The fraction of sp³-hybridized carbons (Fsp3) is 0.385. The number of nitrogens with zero attached hydrogens (tertiary/aromatic N) is 2. The van der Waals surface area contributed by atoms with Crippen LogP contribution < -0.4 is 4.90 Å². The number of benzene rings is 1. The van der Waals surface area contributed by atoms with Gasteiger partial charge in [-0.3, -0.25) is 4.90 Å². The van der Waals surface area contributed by atoms with Crippen LogP contribution in [0.25, 0.3) is 0 Å². The molecule has 1 heterocycles. The number of carbonyl (C=O) groups is 2. The molecule has 0 aromatic heterocycles. The van der Waals surface area contributed by atoms with E-state index in [1.807, 2.05) is 0 Å². The lowest BCUT2D eigenvalue weighted by Crippen LogP contribution is -2.54. The minimum Gasteiger partial charge on any atom is -0.480 e. The van der Waals surface area contributed by atoms with Crippen molar-refractivity contribution < 1.29 is 19.1 Å². The summed E-state index contributed by atoms with van der Waals surface area (Å²) in [6.45, 7) is 0.346. The first-order valence-electron chi connectivity index (χ1n) is 6.11. The zero-order valence-electron chi connectivity index (χ0n) is 11.0. The van der Waals surface area contributed by atoms with Gasteiger partial charge in [-0.2, -0.15) is 11.8 Å². The maximum Gasteiger partial charge on any atom is 0.327 e. The van der Waals surface area contributed by atoms with E-state index < -0.39 is 23.9 Å². The molecule has 1 aliphatic heterocycles. The molecule has 0 radical (unpaired) electrons. The summed E-state index contributed by atoms with van der Waals surface area (Å²) in [6, 6.07) is 4.55. The average Bonchev–Trinajstić information content (AvgIpc) is 2.46. The zero-order valence-corrected chi connectivity index (χ0v) is 11.8. The maximum atomic E-state index is 13.7. The van der Waals surface area contributed by atoms with Crippen molar-refractivity contribution in [3.05, 3.63) is 30.1 Å². The van der Waals surface area contributed by atoms with Crippen LogP contribution in [0.3, 0.4) is 0 Å². The van der Waals surface area contributed by atoms with Crippen LogP contribution in [-0.4, -0.2) is 53.1 Å². The van der Waals surface area contributed by atoms with Gasteiger partial charge in [0.05, 0.1) is 5.69 Å². The molecule has 1 atom stereocenters. The Morgan fingerprint density at radius 2 is 2.15 bits per heavy atom. The van der Waals surface area contributed by atoms with Gasteiger partial charge in [-0.1, -0.05) is 12.1 Å². The predicted molar refractivity (Wildman–Crippen MR) is 75.7 cm³/mol. The molecule has 0 bridgehead atoms. The van der Waals surface area contributed by atoms with Crippen LogP contribution in [0, 0.1) is 5.82 Å². The van der Waals surface area contributed by atoms with Gasteiger partial charge in [-0.05, 0) is 12.1 Å². The van der Waals surface area contributed by atoms with Crippen molar-refractivity contribution >= 4 is 29.4 Å². The smallest absolute Gasteiger partial charge is 0.327 e. The minimum atomic E-state index is -1.03. The summed E-state index contributed by atoms with van der Waals surface area (Å²) in [4.78, 5) is 26.0. The number of halogens is 1. The number of rotatable bonds is 2. The van der Waals surface area contributed by atoms with Crippen LogP contribution in [0.2, 0.25) is 0 Å². The Balaban J connectivity index is 2.21. The number of hydrogen-bond donors (Lipinski definition) is 1. The summed E-state index contributed by atoms with van der Waals surface area (Å²) < 4.78 is 13.7. The second-order valence-corrected chi connectivity index (χ2v) is 5.57. The summed E-state index contributed by atoms with van der Waals surface area (Å²) in [6.07, 6.45) is 0. The molecule has 5 nitrogen and oxygen atoms in total. The molecule has 1 aliphatic rings. The van der Waals surface area contributed by atoms with Gasteiger partial charge in [0.2, 0.25) is 0 Å². The molecule has 7 heteroatoms. The number of para-hydroxylation sites is 1. The predicted octanol–water partition coefficient (Wildman–Crippen LogP) is 1.88. The SMILES string of the molecule is CN(C(=O)N1CCSCC1C(=O)O)c1ccccc1F. The van der Waals surface area contributed by atoms with Crippen LogP contribution in [-0.2, 0) is 4.79 Å². The molecule has 1 aromatic rings. The Hall–Kier alpha value is -1.76. The molecule has 0 aliphatic carbocycles. The van der Waals surface area contributed by atoms with E-state index in [0.717, 1.165) is 4.90 Å². The highest BCUT2D eigenvalue weighted by Crippen LogP contribution is 2.22. The number of anilines is 1. The first kappa shape index (κ1) is 14.6. The van der Waals surface area contributed by atoms with Crippen molar-refractivity contribution in [3.8, 4) is 0 Å². The average molecular weight is 298 g/mol. The Bertz CT molecular complexity index is 526. The van der Waals surface area contributed by atoms with Gasteiger partial charge >= 0.3 is 12.0 Å². The molecule has 1 N–H and O–H groups in total. The van der Waals surface area contributed by atoms with Gasteiger partial charge in [-0.25, -0.2) is 14.0 Å². The van der Waals surface area contributed by atoms with Crippen molar-refractivity contribution in [3.63, 3.8) is 0 Å². The topological polar surface area (TPSA) is 60.9 Å². The van der Waals surface area contributed by atoms with Crippen LogP contribution in [0.15, 0.2) is 24.3 Å². The lowest BCUT2D eigenvalue weighted by molar-refractivity contribution is -0.141. The number of carboxylic acid groups (broad SMARTS) is 1. The highest BCUT2D eigenvalue weighted by Gasteiger charge is 2.34. The lowest BCUT2D eigenvalue weighted by atomic mass is 10.2. The van der Waals surface area contributed by atoms with E-state index in [1.54, 1.807) is 6.07 Å². The molecular weight excluding hydrogens is 283 g/mol. The van der Waals surface area contributed by atoms with Gasteiger partial charge in [0, 0.05) is 25.1 Å². The monoisotopic (exact) mass is 298 g/mol. The molecular formula is C13H15FN2O3S. The molecule has 1 fully saturated rings. The summed E-state index contributed by atoms with van der Waals surface area (Å²) in [7, 11) is 1.45. The molecule has 1 unspecified atom stereocenters. The summed E-state index contributed by atoms with van der Waals surface area (Å²) >= 11 is 1.50. The second kappa shape index (κ2) is 6.13. The summed E-state index contributed by atoms with van der Waals surface area (Å²) in [5.74, 6) is -0.513. The fourth-order valence-corrected chi connectivity index (χ4v) is 3.09. The van der Waals surface area contributed by atoms with Gasteiger partial charge in [0.1, 0.15) is 11.9 Å². The fourth-order valence-electron chi connectivity index (χ4n) is 2.06. The second-order valence-electron chi connectivity index (χ2n) is 4.42. The van der Waals surface area contributed by atoms with E-state index in [-0.39, 0.29) is 5.69 Å². The molecule has 2 amide bonds. The largest absolute Gasteiger partial charge is 0.480 e. The maximum absolute atomic E-state index is 13.7. The zero-order chi connectivity index (χ0) is 14.7. The van der Waals surface area contributed by atoms with E-state index >= 15 is 0 Å². The van der Waals surface area contributed by atoms with Gasteiger partial charge in [0.15, 0.2) is 0 Å². The van der Waals surface area contributed by atoms with Crippen molar-refractivity contribution in [2.75, 3.05) is 30.0 Å². The standard InChI is InChI=1S/C13H15FN2O3S/c1-15(10-5-3-2-4-9(10)14)13(19)16-6-7-20-8-11(16)12(17)18/h2-5,11H,6-8H2,1H3,(H,17,18). The molecule has 20 heavy (non-hydrogen) atoms. The van der Waals surface area contributed by atoms with Gasteiger partial charge in [-0.15, -0.1) is 0 Å². The number of amides is 2. The van der Waals surface area contributed by atoms with Crippen molar-refractivity contribution in [2.45, 2.75) is 6.04 Å². The van der Waals surface area contributed by atoms with E-state index in [9.17, 15) is 14.0 Å². The van der Waals surface area contributed by atoms with Crippen LogP contribution >= 0.6 is 11.8 Å². The number of carbonyl (C=O) groups excluding carboxylic acids is 1. The highest BCUT2D eigenvalue weighted by molar-refractivity contribution is 7.99. The Labute approximate surface area is 120 Å². The summed E-state index contributed by atoms with van der Waals surface area (Å²) in [5, 5.41) is 9.16. The van der Waals surface area contributed by atoms with E-state index in [1.165, 1.54) is 41.9 Å². The van der Waals surface area contributed by atoms with Gasteiger partial charge < -0.3 is 10.0 Å². The highest BCUT2D eigenvalue weighted by atomic mass is 32.2. The molecule has 108 valence electrons. The molecule has 1 saturated heterocycles. The number of urea groups is 1. The lowest BCUT2D eigenvalue weighted by Gasteiger charge is -2.35. The molecule has 0 spiro atoms. The van der Waals surface area contributed by atoms with Crippen molar-refractivity contribution in [1.29, 1.82) is 0 Å². The number of hydrogen-bond acceptors (Lipinski definition) is 3. The first-order valence-corrected chi connectivity index (χ1v) is 7.27. The minimum absolute atomic E-state index is 0.139. The Kier molecular flexibility index (Phi) is 4.49. The quantitative estimate of drug-likeness (QED) is 0.905. The number of carboxylic acids is 1.